The van der Waals surface area contributed by atoms with E-state index in [2.05, 4.69) is 10.6 Å². The van der Waals surface area contributed by atoms with Gasteiger partial charge in [0.15, 0.2) is 6.10 Å². The molecule has 2 aromatic carbocycles. The van der Waals surface area contributed by atoms with Crippen molar-refractivity contribution in [1.82, 2.24) is 0 Å². The average molecular weight is 453 g/mol. The molecular weight excluding hydrogens is 428 g/mol. The Morgan fingerprint density at radius 2 is 1.53 bits per heavy atom. The number of amides is 2. The highest BCUT2D eigenvalue weighted by atomic mass is 32.1. The van der Waals surface area contributed by atoms with Crippen LogP contribution in [0.25, 0.3) is 0 Å². The maximum Gasteiger partial charge on any atom is 0.342 e. The van der Waals surface area contributed by atoms with E-state index in [4.69, 9.17) is 9.47 Å². The predicted molar refractivity (Wildman–Crippen MR) is 125 cm³/mol. The van der Waals surface area contributed by atoms with Crippen LogP contribution >= 0.6 is 11.3 Å². The summed E-state index contributed by atoms with van der Waals surface area (Å²) in [5.41, 5.74) is 1.52. The number of hydrogen-bond donors (Lipinski definition) is 2. The van der Waals surface area contributed by atoms with E-state index < -0.39 is 18.0 Å². The maximum atomic E-state index is 12.7. The first kappa shape index (κ1) is 23.0. The van der Waals surface area contributed by atoms with Crippen LogP contribution in [0.4, 0.5) is 10.7 Å². The summed E-state index contributed by atoms with van der Waals surface area (Å²) >= 11 is 1.29. The van der Waals surface area contributed by atoms with Gasteiger partial charge in [0.25, 0.3) is 5.91 Å². The van der Waals surface area contributed by atoms with Crippen LogP contribution < -0.4 is 15.4 Å². The van der Waals surface area contributed by atoms with E-state index >= 15 is 0 Å². The number of ether oxygens (including phenoxy) is 2. The molecule has 32 heavy (non-hydrogen) atoms. The Labute approximate surface area is 190 Å². The van der Waals surface area contributed by atoms with Crippen LogP contribution in [0.2, 0.25) is 0 Å². The molecule has 0 radical (unpaired) electrons. The minimum atomic E-state index is -1.03. The number of rotatable bonds is 7. The van der Waals surface area contributed by atoms with Gasteiger partial charge in [-0.25, -0.2) is 4.79 Å². The molecule has 3 rings (SSSR count). The maximum absolute atomic E-state index is 12.7. The molecule has 0 spiro atoms. The van der Waals surface area contributed by atoms with Crippen molar-refractivity contribution in [2.45, 2.75) is 33.8 Å². The Balaban J connectivity index is 1.61. The third-order valence-electron chi connectivity index (χ3n) is 4.63. The molecule has 2 amide bonds. The molecule has 0 fully saturated rings. The summed E-state index contributed by atoms with van der Waals surface area (Å²) in [6.45, 7) is 6.49. The Morgan fingerprint density at radius 1 is 0.906 bits per heavy atom. The average Bonchev–Trinajstić information content (AvgIpc) is 3.02. The zero-order valence-electron chi connectivity index (χ0n) is 18.2. The predicted octanol–water partition coefficient (Wildman–Crippen LogP) is 5.30. The number of esters is 1. The van der Waals surface area contributed by atoms with Gasteiger partial charge in [0.05, 0.1) is 5.56 Å². The smallest absolute Gasteiger partial charge is 0.342 e. The van der Waals surface area contributed by atoms with Crippen molar-refractivity contribution in [1.29, 1.82) is 0 Å². The van der Waals surface area contributed by atoms with E-state index in [9.17, 15) is 14.4 Å². The third-order valence-corrected chi connectivity index (χ3v) is 5.76. The molecule has 7 nitrogen and oxygen atoms in total. The van der Waals surface area contributed by atoms with Gasteiger partial charge in [-0.15, -0.1) is 11.3 Å². The molecule has 0 unspecified atom stereocenters. The minimum absolute atomic E-state index is 0.268. The number of aryl methyl sites for hydroxylation is 1. The van der Waals surface area contributed by atoms with Crippen LogP contribution in [-0.2, 0) is 14.3 Å². The molecule has 0 saturated heterocycles. The Morgan fingerprint density at radius 3 is 2.16 bits per heavy atom. The number of benzene rings is 2. The molecule has 0 aliphatic carbocycles. The second-order valence-corrected chi connectivity index (χ2v) is 8.37. The molecule has 0 saturated carbocycles. The minimum Gasteiger partial charge on any atom is -0.457 e. The topological polar surface area (TPSA) is 93.7 Å². The summed E-state index contributed by atoms with van der Waals surface area (Å²) in [5.74, 6) is -0.0821. The largest absolute Gasteiger partial charge is 0.457 e. The van der Waals surface area contributed by atoms with Gasteiger partial charge >= 0.3 is 5.97 Å². The van der Waals surface area contributed by atoms with Crippen molar-refractivity contribution in [2.24, 2.45) is 0 Å². The molecule has 1 aromatic heterocycles. The quantitative estimate of drug-likeness (QED) is 0.475. The fourth-order valence-electron chi connectivity index (χ4n) is 2.87. The highest BCUT2D eigenvalue weighted by Gasteiger charge is 2.25. The molecule has 0 aliphatic rings. The first-order chi connectivity index (χ1) is 15.2. The van der Waals surface area contributed by atoms with Crippen LogP contribution in [0.3, 0.4) is 0 Å². The van der Waals surface area contributed by atoms with Crippen LogP contribution in [0.1, 0.15) is 34.6 Å². The standard InChI is InChI=1S/C24H24N2O5S/c1-14-16(3)32-23(25-17(4)27)21(14)24(29)30-15(2)22(28)26-18-10-12-20(13-11-18)31-19-8-6-5-7-9-19/h5-13,15H,1-4H3,(H,25,27)(H,26,28)/t15-/m0/s1. The van der Waals surface area contributed by atoms with E-state index in [1.54, 1.807) is 31.2 Å². The van der Waals surface area contributed by atoms with Gasteiger partial charge in [-0.1, -0.05) is 18.2 Å². The van der Waals surface area contributed by atoms with E-state index in [0.29, 0.717) is 27.8 Å². The highest BCUT2D eigenvalue weighted by molar-refractivity contribution is 7.16. The van der Waals surface area contributed by atoms with Crippen molar-refractivity contribution in [2.75, 3.05) is 10.6 Å². The van der Waals surface area contributed by atoms with Gasteiger partial charge in [0.1, 0.15) is 16.5 Å². The molecule has 1 heterocycles. The molecule has 3 aromatic rings. The Bertz CT molecular complexity index is 1120. The molecule has 0 aliphatic heterocycles. The summed E-state index contributed by atoms with van der Waals surface area (Å²) in [6, 6.07) is 16.2. The molecule has 166 valence electrons. The molecule has 1 atom stereocenters. The number of hydrogen-bond acceptors (Lipinski definition) is 6. The van der Waals surface area contributed by atoms with Crippen LogP contribution in [0.15, 0.2) is 54.6 Å². The van der Waals surface area contributed by atoms with E-state index in [1.165, 1.54) is 25.2 Å². The van der Waals surface area contributed by atoms with Crippen LogP contribution in [0.5, 0.6) is 11.5 Å². The van der Waals surface area contributed by atoms with Crippen molar-refractivity contribution in [3.63, 3.8) is 0 Å². The molecule has 8 heteroatoms. The van der Waals surface area contributed by atoms with Gasteiger partial charge in [-0.2, -0.15) is 0 Å². The fraction of sp³-hybridized carbons (Fsp3) is 0.208. The first-order valence-electron chi connectivity index (χ1n) is 9.97. The monoisotopic (exact) mass is 452 g/mol. The van der Waals surface area contributed by atoms with E-state index in [1.807, 2.05) is 37.3 Å². The molecule has 2 N–H and O–H groups in total. The lowest BCUT2D eigenvalue weighted by atomic mass is 10.1. The SMILES string of the molecule is CC(=O)Nc1sc(C)c(C)c1C(=O)O[C@@H](C)C(=O)Nc1ccc(Oc2ccccc2)cc1. The van der Waals surface area contributed by atoms with Crippen molar-refractivity contribution >= 4 is 39.8 Å². The number of carbonyl (C=O) groups excluding carboxylic acids is 3. The van der Waals surface area contributed by atoms with Gasteiger partial charge in [-0.3, -0.25) is 9.59 Å². The summed E-state index contributed by atoms with van der Waals surface area (Å²) in [7, 11) is 0. The van der Waals surface area contributed by atoms with Gasteiger partial charge in [0, 0.05) is 17.5 Å². The van der Waals surface area contributed by atoms with Gasteiger partial charge in [-0.05, 0) is 62.7 Å². The first-order valence-corrected chi connectivity index (χ1v) is 10.8. The number of thiophene rings is 1. The fourth-order valence-corrected chi connectivity index (χ4v) is 3.96. The Kier molecular flexibility index (Phi) is 7.27. The van der Waals surface area contributed by atoms with Crippen LogP contribution in [0, 0.1) is 13.8 Å². The number of carbonyl (C=O) groups is 3. The Hall–Kier alpha value is -3.65. The zero-order valence-corrected chi connectivity index (χ0v) is 19.0. The molecular formula is C24H24N2O5S. The van der Waals surface area contributed by atoms with E-state index in [0.717, 1.165) is 4.88 Å². The molecule has 0 bridgehead atoms. The van der Waals surface area contributed by atoms with E-state index in [-0.39, 0.29) is 11.5 Å². The van der Waals surface area contributed by atoms with Gasteiger partial charge in [0.2, 0.25) is 5.91 Å². The highest BCUT2D eigenvalue weighted by Crippen LogP contribution is 2.33. The zero-order chi connectivity index (χ0) is 23.3. The second-order valence-electron chi connectivity index (χ2n) is 7.14. The third kappa shape index (κ3) is 5.73. The van der Waals surface area contributed by atoms with Crippen molar-refractivity contribution in [3.8, 4) is 11.5 Å². The van der Waals surface area contributed by atoms with Gasteiger partial charge < -0.3 is 20.1 Å². The normalized spacial score (nSPS) is 11.4. The van der Waals surface area contributed by atoms with Crippen LogP contribution in [-0.4, -0.2) is 23.9 Å². The second kappa shape index (κ2) is 10.1. The lowest BCUT2D eigenvalue weighted by Crippen LogP contribution is -2.30. The summed E-state index contributed by atoms with van der Waals surface area (Å²) in [6.07, 6.45) is -1.03. The summed E-state index contributed by atoms with van der Waals surface area (Å²) < 4.78 is 11.1. The van der Waals surface area contributed by atoms with Crippen molar-refractivity contribution in [3.05, 3.63) is 70.6 Å². The number of para-hydroxylation sites is 1. The van der Waals surface area contributed by atoms with Crippen molar-refractivity contribution < 1.29 is 23.9 Å². The lowest BCUT2D eigenvalue weighted by molar-refractivity contribution is -0.123. The number of nitrogens with one attached hydrogen (secondary N) is 2. The number of anilines is 2. The summed E-state index contributed by atoms with van der Waals surface area (Å²) in [4.78, 5) is 37.5. The lowest BCUT2D eigenvalue weighted by Gasteiger charge is -2.15. The summed E-state index contributed by atoms with van der Waals surface area (Å²) in [5, 5.41) is 5.78.